The molecule has 0 radical (unpaired) electrons. The molecule has 0 aliphatic carbocycles. The second-order valence-corrected chi connectivity index (χ2v) is 4.39. The van der Waals surface area contributed by atoms with Crippen LogP contribution in [0.5, 0.6) is 0 Å². The molecule has 86 valence electrons. The summed E-state index contributed by atoms with van der Waals surface area (Å²) in [4.78, 5) is 13.6. The van der Waals surface area contributed by atoms with E-state index in [0.717, 1.165) is 30.6 Å². The van der Waals surface area contributed by atoms with E-state index < -0.39 is 0 Å². The Bertz CT molecular complexity index is 387. The third-order valence-corrected chi connectivity index (χ3v) is 3.03. The van der Waals surface area contributed by atoms with Crippen LogP contribution in [0.3, 0.4) is 0 Å². The van der Waals surface area contributed by atoms with Crippen LogP contribution in [0, 0.1) is 0 Å². The number of carbonyl (C=O) groups is 1. The lowest BCUT2D eigenvalue weighted by Crippen LogP contribution is -2.35. The largest absolute Gasteiger partial charge is 0.324 e. The average molecular weight is 218 g/mol. The fraction of sp³-hybridized carbons (Fsp3) is 0.462. The minimum atomic E-state index is 0.0137. The molecule has 1 amide bonds. The van der Waals surface area contributed by atoms with Crippen LogP contribution in [-0.2, 0) is 4.79 Å². The van der Waals surface area contributed by atoms with Gasteiger partial charge in [0, 0.05) is 24.7 Å². The topological polar surface area (TPSA) is 46.3 Å². The van der Waals surface area contributed by atoms with Gasteiger partial charge in [-0.05, 0) is 37.5 Å². The number of rotatable bonds is 2. The van der Waals surface area contributed by atoms with Gasteiger partial charge in [0.25, 0.3) is 0 Å². The zero-order valence-corrected chi connectivity index (χ0v) is 9.65. The Balaban J connectivity index is 2.25. The maximum atomic E-state index is 11.8. The van der Waals surface area contributed by atoms with E-state index in [1.165, 1.54) is 0 Å². The molecule has 1 saturated heterocycles. The van der Waals surface area contributed by atoms with Crippen LogP contribution in [0.1, 0.15) is 37.8 Å². The van der Waals surface area contributed by atoms with E-state index >= 15 is 0 Å². The van der Waals surface area contributed by atoms with Gasteiger partial charge in [-0.3, -0.25) is 4.79 Å². The lowest BCUT2D eigenvalue weighted by atomic mass is 10.1. The van der Waals surface area contributed by atoms with Crippen LogP contribution in [-0.4, -0.2) is 12.5 Å². The monoisotopic (exact) mass is 218 g/mol. The van der Waals surface area contributed by atoms with E-state index in [0.29, 0.717) is 6.42 Å². The van der Waals surface area contributed by atoms with E-state index in [9.17, 15) is 4.79 Å². The lowest BCUT2D eigenvalue weighted by Gasteiger charge is -2.27. The molecule has 3 heteroatoms. The predicted molar refractivity (Wildman–Crippen MR) is 65.2 cm³/mol. The Hall–Kier alpha value is -1.35. The van der Waals surface area contributed by atoms with E-state index in [1.807, 2.05) is 36.1 Å². The number of anilines is 1. The van der Waals surface area contributed by atoms with Crippen LogP contribution in [0.4, 0.5) is 5.69 Å². The SMILES string of the molecule is CC(N)c1cccc(N2CCCCC2=O)c1. The Morgan fingerprint density at radius 3 is 2.88 bits per heavy atom. The number of carbonyl (C=O) groups excluding carboxylic acids is 1. The summed E-state index contributed by atoms with van der Waals surface area (Å²) in [5.74, 6) is 0.230. The third kappa shape index (κ3) is 2.25. The second kappa shape index (κ2) is 4.66. The fourth-order valence-corrected chi connectivity index (χ4v) is 2.05. The molecule has 1 unspecified atom stereocenters. The molecule has 1 heterocycles. The highest BCUT2D eigenvalue weighted by Gasteiger charge is 2.19. The molecule has 0 spiro atoms. The van der Waals surface area contributed by atoms with Gasteiger partial charge in [0.1, 0.15) is 0 Å². The molecule has 16 heavy (non-hydrogen) atoms. The van der Waals surface area contributed by atoms with Gasteiger partial charge in [0.05, 0.1) is 0 Å². The van der Waals surface area contributed by atoms with Crippen molar-refractivity contribution in [1.82, 2.24) is 0 Å². The number of benzene rings is 1. The van der Waals surface area contributed by atoms with Crippen LogP contribution in [0.25, 0.3) is 0 Å². The van der Waals surface area contributed by atoms with Crippen LogP contribution in [0.15, 0.2) is 24.3 Å². The van der Waals surface area contributed by atoms with Crippen molar-refractivity contribution in [2.24, 2.45) is 5.73 Å². The van der Waals surface area contributed by atoms with Crippen LogP contribution >= 0.6 is 0 Å². The van der Waals surface area contributed by atoms with Crippen LogP contribution in [0.2, 0.25) is 0 Å². The zero-order valence-electron chi connectivity index (χ0n) is 9.65. The maximum Gasteiger partial charge on any atom is 0.226 e. The van der Waals surface area contributed by atoms with E-state index in [2.05, 4.69) is 0 Å². The summed E-state index contributed by atoms with van der Waals surface area (Å²) < 4.78 is 0. The van der Waals surface area contributed by atoms with Crippen molar-refractivity contribution in [3.63, 3.8) is 0 Å². The molecule has 3 nitrogen and oxygen atoms in total. The van der Waals surface area contributed by atoms with Crippen molar-refractivity contribution in [3.05, 3.63) is 29.8 Å². The molecule has 0 bridgehead atoms. The van der Waals surface area contributed by atoms with Crippen molar-refractivity contribution in [2.75, 3.05) is 11.4 Å². The summed E-state index contributed by atoms with van der Waals surface area (Å²) >= 11 is 0. The van der Waals surface area contributed by atoms with Gasteiger partial charge >= 0.3 is 0 Å². The van der Waals surface area contributed by atoms with E-state index in [1.54, 1.807) is 0 Å². The minimum Gasteiger partial charge on any atom is -0.324 e. The summed E-state index contributed by atoms with van der Waals surface area (Å²) in [6.45, 7) is 2.79. The Morgan fingerprint density at radius 2 is 2.19 bits per heavy atom. The number of amides is 1. The molecular formula is C13H18N2O. The lowest BCUT2D eigenvalue weighted by molar-refractivity contribution is -0.119. The normalized spacial score (nSPS) is 18.6. The zero-order chi connectivity index (χ0) is 11.5. The minimum absolute atomic E-state index is 0.0137. The molecule has 2 N–H and O–H groups in total. The Labute approximate surface area is 96.2 Å². The number of nitrogens with zero attached hydrogens (tertiary/aromatic N) is 1. The van der Waals surface area contributed by atoms with E-state index in [4.69, 9.17) is 5.73 Å². The van der Waals surface area contributed by atoms with Gasteiger partial charge in [-0.2, -0.15) is 0 Å². The van der Waals surface area contributed by atoms with Gasteiger partial charge in [-0.1, -0.05) is 12.1 Å². The van der Waals surface area contributed by atoms with Crippen molar-refractivity contribution in [3.8, 4) is 0 Å². The first kappa shape index (κ1) is 11.1. The third-order valence-electron chi connectivity index (χ3n) is 3.03. The van der Waals surface area contributed by atoms with Gasteiger partial charge < -0.3 is 10.6 Å². The van der Waals surface area contributed by atoms with Crippen molar-refractivity contribution < 1.29 is 4.79 Å². The highest BCUT2D eigenvalue weighted by atomic mass is 16.2. The average Bonchev–Trinajstić information content (AvgIpc) is 2.30. The predicted octanol–water partition coefficient (Wildman–Crippen LogP) is 2.22. The Kier molecular flexibility index (Phi) is 3.25. The molecule has 0 aromatic heterocycles. The molecule has 2 rings (SSSR count). The van der Waals surface area contributed by atoms with Gasteiger partial charge in [-0.15, -0.1) is 0 Å². The number of hydrogen-bond acceptors (Lipinski definition) is 2. The summed E-state index contributed by atoms with van der Waals surface area (Å²) in [5, 5.41) is 0. The molecule has 1 aliphatic heterocycles. The van der Waals surface area contributed by atoms with Crippen molar-refractivity contribution >= 4 is 11.6 Å². The fourth-order valence-electron chi connectivity index (χ4n) is 2.05. The molecule has 1 fully saturated rings. The molecule has 1 aromatic rings. The quantitative estimate of drug-likeness (QED) is 0.827. The summed E-state index contributed by atoms with van der Waals surface area (Å²) in [7, 11) is 0. The highest BCUT2D eigenvalue weighted by Crippen LogP contribution is 2.23. The summed E-state index contributed by atoms with van der Waals surface area (Å²) in [6.07, 6.45) is 2.78. The second-order valence-electron chi connectivity index (χ2n) is 4.39. The van der Waals surface area contributed by atoms with Gasteiger partial charge in [-0.25, -0.2) is 0 Å². The molecule has 0 saturated carbocycles. The maximum absolute atomic E-state index is 11.8. The number of nitrogens with two attached hydrogens (primary N) is 1. The number of hydrogen-bond donors (Lipinski definition) is 1. The summed E-state index contributed by atoms with van der Waals surface area (Å²) in [5.41, 5.74) is 7.91. The molecule has 1 atom stereocenters. The van der Waals surface area contributed by atoms with Crippen molar-refractivity contribution in [1.29, 1.82) is 0 Å². The first-order valence-electron chi connectivity index (χ1n) is 5.84. The highest BCUT2D eigenvalue weighted by molar-refractivity contribution is 5.94. The first-order chi connectivity index (χ1) is 7.68. The first-order valence-corrected chi connectivity index (χ1v) is 5.84. The van der Waals surface area contributed by atoms with Gasteiger partial charge in [0.15, 0.2) is 0 Å². The Morgan fingerprint density at radius 1 is 1.38 bits per heavy atom. The molecule has 1 aromatic carbocycles. The van der Waals surface area contributed by atoms with Crippen LogP contribution < -0.4 is 10.6 Å². The molecular weight excluding hydrogens is 200 g/mol. The molecule has 1 aliphatic rings. The summed E-state index contributed by atoms with van der Waals surface area (Å²) in [6, 6.07) is 7.99. The smallest absolute Gasteiger partial charge is 0.226 e. The van der Waals surface area contributed by atoms with Crippen molar-refractivity contribution in [2.45, 2.75) is 32.2 Å². The number of piperidine rings is 1. The standard InChI is InChI=1S/C13H18N2O/c1-10(14)11-5-4-6-12(9-11)15-8-3-2-7-13(15)16/h4-6,9-10H,2-3,7-8,14H2,1H3. The van der Waals surface area contributed by atoms with Gasteiger partial charge in [0.2, 0.25) is 5.91 Å². The van der Waals surface area contributed by atoms with E-state index in [-0.39, 0.29) is 11.9 Å².